The molecule has 0 aliphatic carbocycles. The first kappa shape index (κ1) is 16.5. The maximum Gasteiger partial charge on any atom is 0.295 e. The highest BCUT2D eigenvalue weighted by molar-refractivity contribution is 5.61. The van der Waals surface area contributed by atoms with Gasteiger partial charge in [0.05, 0.1) is 11.8 Å². The van der Waals surface area contributed by atoms with Crippen LogP contribution in [0.1, 0.15) is 5.56 Å². The molecule has 0 radical (unpaired) electrons. The molecule has 4 heteroatoms. The van der Waals surface area contributed by atoms with Gasteiger partial charge in [0, 0.05) is 12.6 Å². The smallest absolute Gasteiger partial charge is 0.295 e. The van der Waals surface area contributed by atoms with Crippen LogP contribution in [0.5, 0.6) is 0 Å². The summed E-state index contributed by atoms with van der Waals surface area (Å²) in [6, 6.07) is 23.1. The van der Waals surface area contributed by atoms with Crippen LogP contribution >= 0.6 is 0 Å². The van der Waals surface area contributed by atoms with Crippen molar-refractivity contribution in [1.82, 2.24) is 4.68 Å². The zero-order chi connectivity index (χ0) is 14.7. The molecule has 2 aromatic carbocycles. The summed E-state index contributed by atoms with van der Waals surface area (Å²) < 4.78 is 4.29. The van der Waals surface area contributed by atoms with Crippen LogP contribution in [0.25, 0.3) is 11.3 Å². The van der Waals surface area contributed by atoms with Gasteiger partial charge in [-0.15, -0.1) is 0 Å². The van der Waals surface area contributed by atoms with Crippen molar-refractivity contribution in [2.45, 2.75) is 6.54 Å². The van der Waals surface area contributed by atoms with Crippen molar-refractivity contribution in [1.29, 1.82) is 0 Å². The SMILES string of the molecule is Cn1c(-c2ccccc2)cc(NCc2ccccc2)[n+]1C.[I-]. The Balaban J connectivity index is 0.00000176. The summed E-state index contributed by atoms with van der Waals surface area (Å²) in [5.74, 6) is 1.11. The topological polar surface area (TPSA) is 20.8 Å². The molecule has 0 bridgehead atoms. The van der Waals surface area contributed by atoms with Crippen LogP contribution in [0.3, 0.4) is 0 Å². The Morgan fingerprint density at radius 3 is 2.18 bits per heavy atom. The monoisotopic (exact) mass is 405 g/mol. The minimum Gasteiger partial charge on any atom is -1.00 e. The highest BCUT2D eigenvalue weighted by atomic mass is 127. The van der Waals surface area contributed by atoms with Gasteiger partial charge in [-0.3, -0.25) is 5.32 Å². The van der Waals surface area contributed by atoms with Gasteiger partial charge in [0.25, 0.3) is 5.82 Å². The highest BCUT2D eigenvalue weighted by Gasteiger charge is 2.15. The Kier molecular flexibility index (Phi) is 5.60. The van der Waals surface area contributed by atoms with Crippen molar-refractivity contribution in [2.75, 3.05) is 5.32 Å². The number of halogens is 1. The van der Waals surface area contributed by atoms with Gasteiger partial charge in [-0.25, -0.2) is 4.68 Å². The second kappa shape index (κ2) is 7.45. The second-order valence-electron chi connectivity index (χ2n) is 5.17. The van der Waals surface area contributed by atoms with Crippen molar-refractivity contribution >= 4 is 5.82 Å². The molecule has 1 aromatic heterocycles. The van der Waals surface area contributed by atoms with E-state index in [4.69, 9.17) is 0 Å². The van der Waals surface area contributed by atoms with Crippen molar-refractivity contribution < 1.29 is 28.7 Å². The van der Waals surface area contributed by atoms with E-state index in [0.29, 0.717) is 0 Å². The predicted molar refractivity (Wildman–Crippen MR) is 85.8 cm³/mol. The fourth-order valence-electron chi connectivity index (χ4n) is 2.47. The van der Waals surface area contributed by atoms with Crippen LogP contribution in [0, 0.1) is 0 Å². The molecule has 0 aliphatic heterocycles. The van der Waals surface area contributed by atoms with E-state index in [9.17, 15) is 0 Å². The Hall–Kier alpha value is -1.82. The van der Waals surface area contributed by atoms with Gasteiger partial charge in [0.1, 0.15) is 13.6 Å². The van der Waals surface area contributed by atoms with E-state index >= 15 is 0 Å². The lowest BCUT2D eigenvalue weighted by Gasteiger charge is -2.02. The highest BCUT2D eigenvalue weighted by Crippen LogP contribution is 2.20. The lowest BCUT2D eigenvalue weighted by Crippen LogP contribution is -3.00. The van der Waals surface area contributed by atoms with Crippen molar-refractivity contribution in [3.63, 3.8) is 0 Å². The lowest BCUT2D eigenvalue weighted by atomic mass is 10.1. The zero-order valence-corrected chi connectivity index (χ0v) is 15.0. The van der Waals surface area contributed by atoms with Crippen molar-refractivity contribution in [2.24, 2.45) is 14.1 Å². The molecule has 1 heterocycles. The molecule has 0 fully saturated rings. The Labute approximate surface area is 148 Å². The van der Waals surface area contributed by atoms with Gasteiger partial charge in [-0.2, -0.15) is 4.68 Å². The quantitative estimate of drug-likeness (QED) is 0.484. The van der Waals surface area contributed by atoms with E-state index in [0.717, 1.165) is 12.4 Å². The second-order valence-corrected chi connectivity index (χ2v) is 5.17. The summed E-state index contributed by atoms with van der Waals surface area (Å²) >= 11 is 0. The van der Waals surface area contributed by atoms with Gasteiger partial charge in [0.15, 0.2) is 0 Å². The van der Waals surface area contributed by atoms with Crippen molar-refractivity contribution in [3.8, 4) is 11.3 Å². The minimum absolute atomic E-state index is 0. The molecule has 1 N–H and O–H groups in total. The molecule has 0 unspecified atom stereocenters. The van der Waals surface area contributed by atoms with E-state index in [2.05, 4.69) is 83.4 Å². The maximum absolute atomic E-state index is 3.50. The van der Waals surface area contributed by atoms with E-state index in [-0.39, 0.29) is 24.0 Å². The van der Waals surface area contributed by atoms with Crippen LogP contribution in [0.4, 0.5) is 5.82 Å². The van der Waals surface area contributed by atoms with Gasteiger partial charge < -0.3 is 24.0 Å². The molecule has 3 rings (SSSR count). The number of nitrogens with one attached hydrogen (secondary N) is 1. The Morgan fingerprint density at radius 1 is 0.955 bits per heavy atom. The average molecular weight is 405 g/mol. The van der Waals surface area contributed by atoms with Crippen LogP contribution in [0.15, 0.2) is 66.7 Å². The van der Waals surface area contributed by atoms with Crippen molar-refractivity contribution in [3.05, 3.63) is 72.3 Å². The van der Waals surface area contributed by atoms with Gasteiger partial charge in [-0.1, -0.05) is 60.7 Å². The summed E-state index contributed by atoms with van der Waals surface area (Å²) in [4.78, 5) is 0. The number of anilines is 1. The third-order valence-corrected chi connectivity index (χ3v) is 3.81. The standard InChI is InChI=1S/C18H19N3.HI/c1-20-17(16-11-7-4-8-12-16)13-18(21(20)2)19-14-15-9-5-3-6-10-15;/h3-13H,14H2,1-2H3;1H. The molecule has 0 atom stereocenters. The molecule has 0 saturated heterocycles. The van der Waals surface area contributed by atoms with Crippen LogP contribution in [-0.2, 0) is 20.6 Å². The van der Waals surface area contributed by atoms with E-state index in [1.807, 2.05) is 12.1 Å². The first-order valence-corrected chi connectivity index (χ1v) is 7.15. The molecule has 22 heavy (non-hydrogen) atoms. The van der Waals surface area contributed by atoms with E-state index in [1.165, 1.54) is 16.8 Å². The Bertz CT molecular complexity index is 721. The van der Waals surface area contributed by atoms with Crippen LogP contribution < -0.4 is 34.0 Å². The zero-order valence-electron chi connectivity index (χ0n) is 12.8. The largest absolute Gasteiger partial charge is 1.00 e. The molecule has 3 aromatic rings. The first-order valence-electron chi connectivity index (χ1n) is 7.15. The molecule has 0 amide bonds. The van der Waals surface area contributed by atoms with Gasteiger partial charge >= 0.3 is 0 Å². The Morgan fingerprint density at radius 2 is 1.55 bits per heavy atom. The molecule has 0 spiro atoms. The normalized spacial score (nSPS) is 10.1. The summed E-state index contributed by atoms with van der Waals surface area (Å²) in [5, 5.41) is 3.50. The van der Waals surface area contributed by atoms with Gasteiger partial charge in [0.2, 0.25) is 0 Å². The average Bonchev–Trinajstić information content (AvgIpc) is 2.83. The summed E-state index contributed by atoms with van der Waals surface area (Å²) in [6.45, 7) is 0.826. The summed E-state index contributed by atoms with van der Waals surface area (Å²) in [5.41, 5.74) is 3.71. The van der Waals surface area contributed by atoms with Crippen LogP contribution in [0.2, 0.25) is 0 Å². The molecule has 3 nitrogen and oxygen atoms in total. The molecular formula is C18H20IN3. The summed E-state index contributed by atoms with van der Waals surface area (Å²) in [7, 11) is 4.15. The number of hydrogen-bond acceptors (Lipinski definition) is 1. The number of hydrogen-bond donors (Lipinski definition) is 1. The number of nitrogens with zero attached hydrogens (tertiary/aromatic N) is 2. The fourth-order valence-corrected chi connectivity index (χ4v) is 2.47. The van der Waals surface area contributed by atoms with Crippen LogP contribution in [-0.4, -0.2) is 4.68 Å². The maximum atomic E-state index is 3.50. The minimum atomic E-state index is 0. The predicted octanol–water partition coefficient (Wildman–Crippen LogP) is 0.133. The van der Waals surface area contributed by atoms with E-state index < -0.39 is 0 Å². The number of rotatable bonds is 4. The summed E-state index contributed by atoms with van der Waals surface area (Å²) in [6.07, 6.45) is 0. The molecule has 114 valence electrons. The number of benzene rings is 2. The number of aromatic nitrogens is 2. The molecule has 0 saturated carbocycles. The molecule has 0 aliphatic rings. The first-order chi connectivity index (χ1) is 10.3. The molecular weight excluding hydrogens is 385 g/mol. The van der Waals surface area contributed by atoms with Gasteiger partial charge in [-0.05, 0) is 5.56 Å². The lowest BCUT2D eigenvalue weighted by molar-refractivity contribution is -0.737. The fraction of sp³-hybridized carbons (Fsp3) is 0.167. The third-order valence-electron chi connectivity index (χ3n) is 3.81. The third kappa shape index (κ3) is 3.50. The van der Waals surface area contributed by atoms with E-state index in [1.54, 1.807) is 0 Å².